The fourth-order valence-corrected chi connectivity index (χ4v) is 3.28. The van der Waals surface area contributed by atoms with E-state index >= 15 is 0 Å². The third-order valence-electron chi connectivity index (χ3n) is 3.63. The molecule has 7 heteroatoms. The van der Waals surface area contributed by atoms with E-state index in [0.29, 0.717) is 5.69 Å². The molecule has 142 valence electrons. The summed E-state index contributed by atoms with van der Waals surface area (Å²) < 4.78 is 31.9. The third kappa shape index (κ3) is 4.95. The molecule has 0 heterocycles. The normalized spacial score (nSPS) is 10.4. The Morgan fingerprint density at radius 3 is 2.21 bits per heavy atom. The Hall–Kier alpha value is -3.19. The molecule has 0 atom stereocenters. The number of carbonyl (C=O) groups is 2. The van der Waals surface area contributed by atoms with Crippen molar-refractivity contribution in [2.75, 3.05) is 11.9 Å². The molecule has 0 unspecified atom stereocenters. The summed E-state index contributed by atoms with van der Waals surface area (Å²) in [7, 11) is 0. The highest BCUT2D eigenvalue weighted by molar-refractivity contribution is 7.99. The van der Waals surface area contributed by atoms with Gasteiger partial charge in [-0.2, -0.15) is 0 Å². The number of hydrogen-bond acceptors (Lipinski definition) is 4. The number of anilines is 1. The quantitative estimate of drug-likeness (QED) is 0.599. The molecule has 0 saturated heterocycles. The second kappa shape index (κ2) is 9.14. The predicted molar refractivity (Wildman–Crippen MR) is 102 cm³/mol. The number of nitrogens with one attached hydrogen (secondary N) is 1. The summed E-state index contributed by atoms with van der Waals surface area (Å²) in [6.45, 7) is -0.670. The van der Waals surface area contributed by atoms with Crippen LogP contribution in [0.5, 0.6) is 0 Å². The van der Waals surface area contributed by atoms with Gasteiger partial charge in [0.2, 0.25) is 0 Å². The van der Waals surface area contributed by atoms with Crippen LogP contribution in [0.15, 0.2) is 82.6 Å². The first-order valence-corrected chi connectivity index (χ1v) is 9.09. The van der Waals surface area contributed by atoms with E-state index in [9.17, 15) is 18.4 Å². The van der Waals surface area contributed by atoms with Gasteiger partial charge in [-0.25, -0.2) is 13.6 Å². The van der Waals surface area contributed by atoms with Gasteiger partial charge in [0, 0.05) is 9.79 Å². The Labute approximate surface area is 164 Å². The van der Waals surface area contributed by atoms with Crippen molar-refractivity contribution in [3.8, 4) is 0 Å². The minimum atomic E-state index is -1.24. The first-order valence-electron chi connectivity index (χ1n) is 8.27. The zero-order valence-corrected chi connectivity index (χ0v) is 15.3. The largest absolute Gasteiger partial charge is 0.452 e. The fraction of sp³-hybridized carbons (Fsp3) is 0.0476. The van der Waals surface area contributed by atoms with Gasteiger partial charge in [-0.1, -0.05) is 48.2 Å². The molecule has 0 aliphatic rings. The molecule has 0 aromatic heterocycles. The average molecular weight is 399 g/mol. The number of carbonyl (C=O) groups excluding carboxylic acids is 2. The van der Waals surface area contributed by atoms with Crippen molar-refractivity contribution in [2.45, 2.75) is 9.79 Å². The molecule has 1 N–H and O–H groups in total. The molecule has 0 saturated carbocycles. The SMILES string of the molecule is O=C(COC(=O)c1c(F)cccc1F)Nc1ccccc1Sc1ccccc1. The Balaban J connectivity index is 1.63. The van der Waals surface area contributed by atoms with Crippen molar-refractivity contribution in [2.24, 2.45) is 0 Å². The molecule has 4 nitrogen and oxygen atoms in total. The lowest BCUT2D eigenvalue weighted by molar-refractivity contribution is -0.119. The molecule has 0 bridgehead atoms. The number of para-hydroxylation sites is 1. The topological polar surface area (TPSA) is 55.4 Å². The number of amides is 1. The van der Waals surface area contributed by atoms with Crippen molar-refractivity contribution in [3.05, 3.63) is 90.0 Å². The van der Waals surface area contributed by atoms with Crippen LogP contribution in [0.2, 0.25) is 0 Å². The molecule has 3 aromatic carbocycles. The molecule has 3 aromatic rings. The summed E-state index contributed by atoms with van der Waals surface area (Å²) in [4.78, 5) is 25.8. The summed E-state index contributed by atoms with van der Waals surface area (Å²) >= 11 is 1.46. The van der Waals surface area contributed by atoms with E-state index in [4.69, 9.17) is 4.74 Å². The van der Waals surface area contributed by atoms with Gasteiger partial charge in [0.05, 0.1) is 5.69 Å². The standard InChI is InChI=1S/C21H15F2NO3S/c22-15-9-6-10-16(23)20(15)21(26)27-13-19(25)24-17-11-4-5-12-18(17)28-14-7-2-1-3-8-14/h1-12H,13H2,(H,24,25). The monoisotopic (exact) mass is 399 g/mol. The highest BCUT2D eigenvalue weighted by Gasteiger charge is 2.19. The van der Waals surface area contributed by atoms with E-state index in [0.717, 1.165) is 28.0 Å². The molecule has 0 spiro atoms. The summed E-state index contributed by atoms with van der Waals surface area (Å²) in [5, 5.41) is 2.64. The molecule has 0 fully saturated rings. The van der Waals surface area contributed by atoms with Gasteiger partial charge in [-0.05, 0) is 36.4 Å². The zero-order valence-electron chi connectivity index (χ0n) is 14.5. The summed E-state index contributed by atoms with van der Waals surface area (Å²) in [5.74, 6) is -3.95. The molecule has 0 radical (unpaired) electrons. The maximum absolute atomic E-state index is 13.6. The van der Waals surface area contributed by atoms with Crippen LogP contribution in [0.4, 0.5) is 14.5 Å². The lowest BCUT2D eigenvalue weighted by Crippen LogP contribution is -2.22. The van der Waals surface area contributed by atoms with Crippen molar-refractivity contribution in [1.82, 2.24) is 0 Å². The van der Waals surface area contributed by atoms with Crippen LogP contribution in [0, 0.1) is 11.6 Å². The third-order valence-corrected chi connectivity index (χ3v) is 4.72. The number of rotatable bonds is 6. The Morgan fingerprint density at radius 2 is 1.50 bits per heavy atom. The Kier molecular flexibility index (Phi) is 6.39. The molecule has 1 amide bonds. The van der Waals surface area contributed by atoms with Crippen molar-refractivity contribution in [1.29, 1.82) is 0 Å². The van der Waals surface area contributed by atoms with Crippen LogP contribution < -0.4 is 5.32 Å². The van der Waals surface area contributed by atoms with Gasteiger partial charge >= 0.3 is 5.97 Å². The zero-order chi connectivity index (χ0) is 19.9. The van der Waals surface area contributed by atoms with Crippen LogP contribution in [0.3, 0.4) is 0 Å². The number of esters is 1. The molecule has 28 heavy (non-hydrogen) atoms. The van der Waals surface area contributed by atoms with Gasteiger partial charge in [-0.3, -0.25) is 4.79 Å². The van der Waals surface area contributed by atoms with E-state index in [1.54, 1.807) is 12.1 Å². The molecular formula is C21H15F2NO3S. The molecule has 0 aliphatic carbocycles. The Morgan fingerprint density at radius 1 is 0.857 bits per heavy atom. The lowest BCUT2D eigenvalue weighted by atomic mass is 10.2. The number of hydrogen-bond donors (Lipinski definition) is 1. The van der Waals surface area contributed by atoms with Gasteiger partial charge in [0.1, 0.15) is 17.2 Å². The maximum Gasteiger partial charge on any atom is 0.344 e. The first-order chi connectivity index (χ1) is 13.5. The second-order valence-electron chi connectivity index (χ2n) is 5.63. The minimum Gasteiger partial charge on any atom is -0.452 e. The van der Waals surface area contributed by atoms with E-state index < -0.39 is 35.7 Å². The number of halogens is 2. The number of ether oxygens (including phenoxy) is 1. The van der Waals surface area contributed by atoms with Crippen LogP contribution in [-0.4, -0.2) is 18.5 Å². The van der Waals surface area contributed by atoms with Gasteiger partial charge in [0.15, 0.2) is 6.61 Å². The van der Waals surface area contributed by atoms with E-state index in [1.165, 1.54) is 11.8 Å². The summed E-state index contributed by atoms with van der Waals surface area (Å²) in [6.07, 6.45) is 0. The maximum atomic E-state index is 13.6. The molecular weight excluding hydrogens is 384 g/mol. The van der Waals surface area contributed by atoms with Crippen molar-refractivity contribution < 1.29 is 23.1 Å². The van der Waals surface area contributed by atoms with Crippen LogP contribution >= 0.6 is 11.8 Å². The predicted octanol–water partition coefficient (Wildman–Crippen LogP) is 4.91. The highest BCUT2D eigenvalue weighted by Crippen LogP contribution is 2.33. The van der Waals surface area contributed by atoms with Crippen molar-refractivity contribution in [3.63, 3.8) is 0 Å². The fourth-order valence-electron chi connectivity index (χ4n) is 2.36. The van der Waals surface area contributed by atoms with E-state index in [1.807, 2.05) is 42.5 Å². The van der Waals surface area contributed by atoms with Gasteiger partial charge < -0.3 is 10.1 Å². The Bertz CT molecular complexity index is 976. The van der Waals surface area contributed by atoms with E-state index in [-0.39, 0.29) is 0 Å². The van der Waals surface area contributed by atoms with Gasteiger partial charge in [0.25, 0.3) is 5.91 Å². The number of benzene rings is 3. The van der Waals surface area contributed by atoms with Crippen LogP contribution in [-0.2, 0) is 9.53 Å². The average Bonchev–Trinajstić information content (AvgIpc) is 2.68. The van der Waals surface area contributed by atoms with E-state index in [2.05, 4.69) is 5.32 Å². The summed E-state index contributed by atoms with van der Waals surface area (Å²) in [6, 6.07) is 19.8. The minimum absolute atomic E-state index is 0.537. The highest BCUT2D eigenvalue weighted by atomic mass is 32.2. The summed E-state index contributed by atoms with van der Waals surface area (Å²) in [5.41, 5.74) is -0.287. The molecule has 3 rings (SSSR count). The molecule has 0 aliphatic heterocycles. The second-order valence-corrected chi connectivity index (χ2v) is 6.75. The lowest BCUT2D eigenvalue weighted by Gasteiger charge is -2.11. The van der Waals surface area contributed by atoms with Gasteiger partial charge in [-0.15, -0.1) is 0 Å². The van der Waals surface area contributed by atoms with Crippen LogP contribution in [0.1, 0.15) is 10.4 Å². The first kappa shape index (κ1) is 19.6. The van der Waals surface area contributed by atoms with Crippen molar-refractivity contribution >= 4 is 29.3 Å². The smallest absolute Gasteiger partial charge is 0.344 e. The van der Waals surface area contributed by atoms with Crippen LogP contribution in [0.25, 0.3) is 0 Å².